The Morgan fingerprint density at radius 2 is 1.88 bits per heavy atom. The number of aromatic nitrogens is 2. The molecule has 0 unspecified atom stereocenters. The quantitative estimate of drug-likeness (QED) is 0.564. The molecule has 3 N–H and O–H groups in total. The van der Waals surface area contributed by atoms with Gasteiger partial charge in [-0.25, -0.2) is 0 Å². The maximum Gasteiger partial charge on any atom is 0.290 e. The monoisotopic (exact) mass is 330 g/mol. The fraction of sp³-hybridized carbons (Fsp3) is 0.188. The summed E-state index contributed by atoms with van der Waals surface area (Å²) in [7, 11) is 3.08. The van der Waals surface area contributed by atoms with Crippen LogP contribution in [0.5, 0.6) is 11.5 Å². The number of carbonyl (C=O) groups is 2. The molecule has 2 rings (SSSR count). The number of H-pyrrole nitrogens is 1. The second kappa shape index (κ2) is 7.82. The molecule has 0 radical (unpaired) electrons. The molecular formula is C16H18N4O4. The molecule has 8 heteroatoms. The lowest BCUT2D eigenvalue weighted by Gasteiger charge is -2.07. The number of carbonyl (C=O) groups excluding carboxylic acids is 2. The van der Waals surface area contributed by atoms with Gasteiger partial charge in [0.1, 0.15) is 0 Å². The van der Waals surface area contributed by atoms with Gasteiger partial charge in [-0.05, 0) is 36.8 Å². The van der Waals surface area contributed by atoms with Gasteiger partial charge >= 0.3 is 0 Å². The number of nitrogens with zero attached hydrogens (tertiary/aromatic N) is 1. The predicted molar refractivity (Wildman–Crippen MR) is 87.5 cm³/mol. The van der Waals surface area contributed by atoms with Crippen LogP contribution in [-0.2, 0) is 4.79 Å². The van der Waals surface area contributed by atoms with E-state index < -0.39 is 11.8 Å². The Kier molecular flexibility index (Phi) is 5.56. The van der Waals surface area contributed by atoms with Crippen LogP contribution in [-0.4, -0.2) is 36.2 Å². The number of nitrogens with one attached hydrogen (secondary N) is 3. The number of amides is 2. The molecule has 24 heavy (non-hydrogen) atoms. The second-order valence-corrected chi connectivity index (χ2v) is 4.83. The van der Waals surface area contributed by atoms with Gasteiger partial charge in [-0.3, -0.25) is 25.5 Å². The van der Waals surface area contributed by atoms with Crippen LogP contribution in [0.4, 0.5) is 0 Å². The molecule has 0 saturated carbocycles. The van der Waals surface area contributed by atoms with Crippen molar-refractivity contribution in [1.29, 1.82) is 0 Å². The van der Waals surface area contributed by atoms with Crippen molar-refractivity contribution >= 4 is 17.9 Å². The summed E-state index contributed by atoms with van der Waals surface area (Å²) in [6.45, 7) is 1.77. The summed E-state index contributed by atoms with van der Waals surface area (Å²) in [6.07, 6.45) is 2.87. The van der Waals surface area contributed by atoms with Crippen molar-refractivity contribution in [1.82, 2.24) is 21.0 Å². The predicted octanol–water partition coefficient (Wildman–Crippen LogP) is 1.21. The van der Waals surface area contributed by atoms with Crippen molar-refractivity contribution < 1.29 is 19.1 Å². The van der Waals surface area contributed by atoms with Crippen molar-refractivity contribution in [3.8, 4) is 11.5 Å². The van der Waals surface area contributed by atoms with Crippen LogP contribution in [0.1, 0.15) is 21.7 Å². The average molecular weight is 330 g/mol. The van der Waals surface area contributed by atoms with E-state index >= 15 is 0 Å². The SMILES string of the molecule is COc1ccc(/C=C/C(=O)NNC(=O)c2cc(C)[nH]n2)cc1OC. The standard InChI is InChI=1S/C16H18N4O4/c1-10-8-12(18-17-10)16(22)20-19-15(21)7-5-11-4-6-13(23-2)14(9-11)24-3/h4-9H,1-3H3,(H,17,18)(H,19,21)(H,20,22)/b7-5+. The minimum absolute atomic E-state index is 0.191. The molecule has 1 aromatic heterocycles. The van der Waals surface area contributed by atoms with Crippen molar-refractivity contribution in [2.45, 2.75) is 6.92 Å². The lowest BCUT2D eigenvalue weighted by Crippen LogP contribution is -2.40. The first-order valence-electron chi connectivity index (χ1n) is 7.06. The van der Waals surface area contributed by atoms with E-state index in [1.54, 1.807) is 44.4 Å². The summed E-state index contributed by atoms with van der Waals surface area (Å²) in [4.78, 5) is 23.5. The summed E-state index contributed by atoms with van der Waals surface area (Å²) in [5.41, 5.74) is 6.24. The molecule has 0 spiro atoms. The Morgan fingerprint density at radius 3 is 2.50 bits per heavy atom. The second-order valence-electron chi connectivity index (χ2n) is 4.83. The number of rotatable bonds is 5. The number of hydrazine groups is 1. The number of ether oxygens (including phenoxy) is 2. The number of aryl methyl sites for hydroxylation is 1. The lowest BCUT2D eigenvalue weighted by molar-refractivity contribution is -0.117. The molecule has 1 aromatic carbocycles. The van der Waals surface area contributed by atoms with E-state index in [0.29, 0.717) is 11.5 Å². The third kappa shape index (κ3) is 4.35. The molecule has 0 bridgehead atoms. The summed E-state index contributed by atoms with van der Waals surface area (Å²) < 4.78 is 10.3. The van der Waals surface area contributed by atoms with Gasteiger partial charge in [0.05, 0.1) is 14.2 Å². The van der Waals surface area contributed by atoms with E-state index in [0.717, 1.165) is 11.3 Å². The van der Waals surface area contributed by atoms with Crippen LogP contribution < -0.4 is 20.3 Å². The molecule has 0 fully saturated rings. The Morgan fingerprint density at radius 1 is 1.12 bits per heavy atom. The lowest BCUT2D eigenvalue weighted by atomic mass is 10.2. The first kappa shape index (κ1) is 17.1. The fourth-order valence-electron chi connectivity index (χ4n) is 1.89. The van der Waals surface area contributed by atoms with E-state index in [-0.39, 0.29) is 5.69 Å². The van der Waals surface area contributed by atoms with Gasteiger partial charge < -0.3 is 9.47 Å². The molecular weight excluding hydrogens is 312 g/mol. The average Bonchev–Trinajstić information content (AvgIpc) is 3.04. The Hall–Kier alpha value is -3.29. The van der Waals surface area contributed by atoms with Crippen LogP contribution in [0.15, 0.2) is 30.3 Å². The van der Waals surface area contributed by atoms with E-state index in [1.165, 1.54) is 13.2 Å². The van der Waals surface area contributed by atoms with Gasteiger partial charge in [-0.15, -0.1) is 0 Å². The van der Waals surface area contributed by atoms with Gasteiger partial charge in [-0.2, -0.15) is 5.10 Å². The third-order valence-electron chi connectivity index (χ3n) is 3.07. The Balaban J connectivity index is 1.92. The van der Waals surface area contributed by atoms with E-state index in [2.05, 4.69) is 21.0 Å². The van der Waals surface area contributed by atoms with Gasteiger partial charge in [-0.1, -0.05) is 6.07 Å². The van der Waals surface area contributed by atoms with E-state index in [4.69, 9.17) is 9.47 Å². The number of methoxy groups -OCH3 is 2. The third-order valence-corrected chi connectivity index (χ3v) is 3.07. The summed E-state index contributed by atoms with van der Waals surface area (Å²) >= 11 is 0. The Labute approximate surface area is 138 Å². The first-order valence-corrected chi connectivity index (χ1v) is 7.06. The number of aromatic amines is 1. The van der Waals surface area contributed by atoms with Crippen LogP contribution in [0, 0.1) is 6.92 Å². The van der Waals surface area contributed by atoms with E-state index in [1.807, 2.05) is 0 Å². The smallest absolute Gasteiger partial charge is 0.290 e. The molecule has 2 amide bonds. The summed E-state index contributed by atoms with van der Waals surface area (Å²) in [6, 6.07) is 6.81. The van der Waals surface area contributed by atoms with Crippen LogP contribution in [0.25, 0.3) is 6.08 Å². The minimum atomic E-state index is -0.507. The van der Waals surface area contributed by atoms with Crippen molar-refractivity contribution in [3.05, 3.63) is 47.3 Å². The van der Waals surface area contributed by atoms with Gasteiger partial charge in [0.25, 0.3) is 11.8 Å². The highest BCUT2D eigenvalue weighted by Crippen LogP contribution is 2.27. The minimum Gasteiger partial charge on any atom is -0.493 e. The number of hydrogen-bond donors (Lipinski definition) is 3. The summed E-state index contributed by atoms with van der Waals surface area (Å²) in [5, 5.41) is 6.43. The maximum atomic E-state index is 11.7. The van der Waals surface area contributed by atoms with Gasteiger partial charge in [0.15, 0.2) is 17.2 Å². The van der Waals surface area contributed by atoms with Crippen LogP contribution in [0.3, 0.4) is 0 Å². The van der Waals surface area contributed by atoms with Crippen molar-refractivity contribution in [2.75, 3.05) is 14.2 Å². The zero-order valence-electron chi connectivity index (χ0n) is 13.5. The largest absolute Gasteiger partial charge is 0.493 e. The molecule has 126 valence electrons. The first-order chi connectivity index (χ1) is 11.5. The highest BCUT2D eigenvalue weighted by Gasteiger charge is 2.09. The van der Waals surface area contributed by atoms with Gasteiger partial charge in [0, 0.05) is 11.8 Å². The zero-order chi connectivity index (χ0) is 17.5. The van der Waals surface area contributed by atoms with Gasteiger partial charge in [0.2, 0.25) is 0 Å². The maximum absolute atomic E-state index is 11.7. The molecule has 8 nitrogen and oxygen atoms in total. The highest BCUT2D eigenvalue weighted by molar-refractivity contribution is 5.96. The molecule has 0 aliphatic heterocycles. The molecule has 0 aliphatic carbocycles. The van der Waals surface area contributed by atoms with Crippen LogP contribution >= 0.6 is 0 Å². The topological polar surface area (TPSA) is 105 Å². The van der Waals surface area contributed by atoms with E-state index in [9.17, 15) is 9.59 Å². The fourth-order valence-corrected chi connectivity index (χ4v) is 1.89. The van der Waals surface area contributed by atoms with Crippen molar-refractivity contribution in [3.63, 3.8) is 0 Å². The zero-order valence-corrected chi connectivity index (χ0v) is 13.5. The Bertz CT molecular complexity index is 767. The molecule has 0 atom stereocenters. The van der Waals surface area contributed by atoms with Crippen molar-refractivity contribution in [2.24, 2.45) is 0 Å². The molecule has 0 aliphatic rings. The molecule has 0 saturated heterocycles. The molecule has 2 aromatic rings. The normalized spacial score (nSPS) is 10.5. The summed E-state index contributed by atoms with van der Waals surface area (Å²) in [5.74, 6) is 0.167. The highest BCUT2D eigenvalue weighted by atomic mass is 16.5. The van der Waals surface area contributed by atoms with Crippen LogP contribution in [0.2, 0.25) is 0 Å². The molecule has 1 heterocycles. The number of benzene rings is 1. The number of hydrogen-bond acceptors (Lipinski definition) is 5.